The van der Waals surface area contributed by atoms with E-state index < -0.39 is 0 Å². The second kappa shape index (κ2) is 6.04. The smallest absolute Gasteiger partial charge is 0.253 e. The molecule has 0 radical (unpaired) electrons. The van der Waals surface area contributed by atoms with Crippen LogP contribution >= 0.6 is 23.2 Å². The van der Waals surface area contributed by atoms with Gasteiger partial charge < -0.3 is 9.15 Å². The first-order valence-electron chi connectivity index (χ1n) is 5.52. The fourth-order valence-corrected chi connectivity index (χ4v) is 2.01. The molecule has 0 fully saturated rings. The molecule has 0 saturated heterocycles. The van der Waals surface area contributed by atoms with Crippen LogP contribution < -0.4 is 4.74 Å². The Bertz CT molecular complexity index is 599. The lowest BCUT2D eigenvalue weighted by Crippen LogP contribution is -1.99. The van der Waals surface area contributed by atoms with E-state index in [0.29, 0.717) is 29.5 Å². The Morgan fingerprint density at radius 1 is 1.32 bits per heavy atom. The molecule has 0 aliphatic carbocycles. The van der Waals surface area contributed by atoms with Crippen LogP contribution in [0.2, 0.25) is 10.0 Å². The van der Waals surface area contributed by atoms with Gasteiger partial charge in [0.1, 0.15) is 5.75 Å². The van der Waals surface area contributed by atoms with Crippen molar-refractivity contribution in [2.24, 2.45) is 0 Å². The summed E-state index contributed by atoms with van der Waals surface area (Å²) in [6.45, 7) is 1.94. The molecule has 2 rings (SSSR count). The number of carbonyl (C=O) groups is 1. The molecular weight excluding hydrogens is 291 g/mol. The van der Waals surface area contributed by atoms with E-state index in [0.717, 1.165) is 0 Å². The van der Waals surface area contributed by atoms with E-state index in [1.807, 2.05) is 6.92 Å². The van der Waals surface area contributed by atoms with E-state index in [2.05, 4.69) is 10.2 Å². The molecule has 1 aromatic carbocycles. The largest absolute Gasteiger partial charge is 0.481 e. The maximum Gasteiger partial charge on any atom is 0.253 e. The van der Waals surface area contributed by atoms with Crippen LogP contribution in [0.1, 0.15) is 29.1 Å². The predicted molar refractivity (Wildman–Crippen MR) is 69.9 cm³/mol. The van der Waals surface area contributed by atoms with Gasteiger partial charge in [0.15, 0.2) is 12.9 Å². The molecule has 7 heteroatoms. The number of rotatable bonds is 5. The minimum absolute atomic E-state index is 0.0369. The molecule has 0 unspecified atom stereocenters. The quantitative estimate of drug-likeness (QED) is 0.792. The predicted octanol–water partition coefficient (Wildman–Crippen LogP) is 3.33. The number of hydrogen-bond acceptors (Lipinski definition) is 5. The van der Waals surface area contributed by atoms with Crippen molar-refractivity contribution in [2.75, 3.05) is 0 Å². The van der Waals surface area contributed by atoms with Gasteiger partial charge in [0.2, 0.25) is 5.89 Å². The van der Waals surface area contributed by atoms with Crippen molar-refractivity contribution < 1.29 is 13.9 Å². The van der Waals surface area contributed by atoms with Gasteiger partial charge >= 0.3 is 0 Å². The Morgan fingerprint density at radius 2 is 2.05 bits per heavy atom. The third-order valence-corrected chi connectivity index (χ3v) is 2.81. The second-order valence-electron chi connectivity index (χ2n) is 3.66. The first-order valence-corrected chi connectivity index (χ1v) is 6.28. The molecule has 2 aromatic rings. The number of aldehydes is 1. The summed E-state index contributed by atoms with van der Waals surface area (Å²) >= 11 is 11.8. The lowest BCUT2D eigenvalue weighted by Gasteiger charge is -2.08. The number of benzene rings is 1. The number of aryl methyl sites for hydroxylation is 1. The molecule has 0 saturated carbocycles. The maximum atomic E-state index is 10.9. The summed E-state index contributed by atoms with van der Waals surface area (Å²) in [5.41, 5.74) is 0.271. The standard InChI is InChI=1S/C12H10Cl2N2O3/c1-2-10-15-16-11(19-10)6-18-12-7(5-17)3-8(13)4-9(12)14/h3-5H,2,6H2,1H3. The van der Waals surface area contributed by atoms with Crippen LogP contribution in [0.25, 0.3) is 0 Å². The lowest BCUT2D eigenvalue weighted by molar-refractivity contribution is 0.111. The van der Waals surface area contributed by atoms with Crippen LogP contribution in [-0.4, -0.2) is 16.5 Å². The highest BCUT2D eigenvalue weighted by molar-refractivity contribution is 6.36. The minimum atomic E-state index is 0.0369. The molecular formula is C12H10Cl2N2O3. The van der Waals surface area contributed by atoms with Gasteiger partial charge in [0.25, 0.3) is 5.89 Å². The van der Waals surface area contributed by atoms with E-state index in [4.69, 9.17) is 32.4 Å². The summed E-state index contributed by atoms with van der Waals surface area (Å²) in [7, 11) is 0. The van der Waals surface area contributed by atoms with Crippen molar-refractivity contribution in [3.63, 3.8) is 0 Å². The van der Waals surface area contributed by atoms with E-state index in [1.54, 1.807) is 0 Å². The van der Waals surface area contributed by atoms with Crippen LogP contribution in [0.3, 0.4) is 0 Å². The van der Waals surface area contributed by atoms with Crippen molar-refractivity contribution in [3.05, 3.63) is 39.5 Å². The SMILES string of the molecule is CCc1nnc(COc2c(Cl)cc(Cl)cc2C=O)o1. The van der Waals surface area contributed by atoms with Crippen LogP contribution in [0.4, 0.5) is 0 Å². The van der Waals surface area contributed by atoms with Crippen molar-refractivity contribution in [1.29, 1.82) is 0 Å². The van der Waals surface area contributed by atoms with Crippen molar-refractivity contribution in [1.82, 2.24) is 10.2 Å². The van der Waals surface area contributed by atoms with Crippen LogP contribution in [0, 0.1) is 0 Å². The van der Waals surface area contributed by atoms with Gasteiger partial charge in [-0.1, -0.05) is 30.1 Å². The van der Waals surface area contributed by atoms with E-state index in [-0.39, 0.29) is 22.9 Å². The average molecular weight is 301 g/mol. The normalized spacial score (nSPS) is 10.5. The van der Waals surface area contributed by atoms with Crippen molar-refractivity contribution in [2.45, 2.75) is 20.0 Å². The Balaban J connectivity index is 2.17. The van der Waals surface area contributed by atoms with Crippen LogP contribution in [0.5, 0.6) is 5.75 Å². The van der Waals surface area contributed by atoms with E-state index >= 15 is 0 Å². The fourth-order valence-electron chi connectivity index (χ4n) is 1.44. The molecule has 1 aromatic heterocycles. The summed E-state index contributed by atoms with van der Waals surface area (Å²) < 4.78 is 10.7. The summed E-state index contributed by atoms with van der Waals surface area (Å²) in [5.74, 6) is 1.09. The summed E-state index contributed by atoms with van der Waals surface area (Å²) in [6.07, 6.45) is 1.27. The molecule has 5 nitrogen and oxygen atoms in total. The van der Waals surface area contributed by atoms with Gasteiger partial charge in [-0.2, -0.15) is 0 Å². The lowest BCUT2D eigenvalue weighted by atomic mass is 10.2. The zero-order chi connectivity index (χ0) is 13.8. The van der Waals surface area contributed by atoms with Gasteiger partial charge in [-0.3, -0.25) is 4.79 Å². The van der Waals surface area contributed by atoms with Gasteiger partial charge in [-0.25, -0.2) is 0 Å². The molecule has 0 aliphatic heterocycles. The number of hydrogen-bond donors (Lipinski definition) is 0. The number of nitrogens with zero attached hydrogens (tertiary/aromatic N) is 2. The number of ether oxygens (including phenoxy) is 1. The molecule has 0 N–H and O–H groups in total. The number of aromatic nitrogens is 2. The zero-order valence-corrected chi connectivity index (χ0v) is 11.5. The fraction of sp³-hybridized carbons (Fsp3) is 0.250. The van der Waals surface area contributed by atoms with E-state index in [1.165, 1.54) is 12.1 Å². The van der Waals surface area contributed by atoms with Gasteiger partial charge in [-0.15, -0.1) is 10.2 Å². The second-order valence-corrected chi connectivity index (χ2v) is 4.50. The van der Waals surface area contributed by atoms with Gasteiger partial charge in [-0.05, 0) is 12.1 Å². The third-order valence-electron chi connectivity index (χ3n) is 2.32. The van der Waals surface area contributed by atoms with Crippen LogP contribution in [0.15, 0.2) is 16.5 Å². The molecule has 0 bridgehead atoms. The highest BCUT2D eigenvalue weighted by Gasteiger charge is 2.12. The number of carbonyl (C=O) groups excluding carboxylic acids is 1. The van der Waals surface area contributed by atoms with E-state index in [9.17, 15) is 4.79 Å². The highest BCUT2D eigenvalue weighted by Crippen LogP contribution is 2.31. The number of halogens is 2. The summed E-state index contributed by atoms with van der Waals surface area (Å²) in [4.78, 5) is 10.9. The zero-order valence-electron chi connectivity index (χ0n) is 10.0. The van der Waals surface area contributed by atoms with Gasteiger partial charge in [0, 0.05) is 11.4 Å². The van der Waals surface area contributed by atoms with Gasteiger partial charge in [0.05, 0.1) is 10.6 Å². The highest BCUT2D eigenvalue weighted by atomic mass is 35.5. The average Bonchev–Trinajstić information content (AvgIpc) is 2.84. The molecule has 0 aliphatic rings. The Hall–Kier alpha value is -1.59. The first kappa shape index (κ1) is 13.8. The first-order chi connectivity index (χ1) is 9.13. The van der Waals surface area contributed by atoms with Crippen molar-refractivity contribution >= 4 is 29.5 Å². The van der Waals surface area contributed by atoms with Crippen LogP contribution in [-0.2, 0) is 13.0 Å². The Labute approximate surface area is 119 Å². The molecule has 0 amide bonds. The molecule has 19 heavy (non-hydrogen) atoms. The molecule has 0 spiro atoms. The topological polar surface area (TPSA) is 65.2 Å². The minimum Gasteiger partial charge on any atom is -0.481 e. The third kappa shape index (κ3) is 3.24. The molecule has 1 heterocycles. The summed E-state index contributed by atoms with van der Waals surface area (Å²) in [6, 6.07) is 2.97. The summed E-state index contributed by atoms with van der Waals surface area (Å²) in [5, 5.41) is 8.23. The molecule has 100 valence electrons. The maximum absolute atomic E-state index is 10.9. The Morgan fingerprint density at radius 3 is 2.68 bits per heavy atom. The monoisotopic (exact) mass is 300 g/mol. The van der Waals surface area contributed by atoms with Crippen molar-refractivity contribution in [3.8, 4) is 5.75 Å². The molecule has 0 atom stereocenters. The Kier molecular flexibility index (Phi) is 4.39.